The van der Waals surface area contributed by atoms with E-state index in [4.69, 9.17) is 9.47 Å². The van der Waals surface area contributed by atoms with Crippen LogP contribution in [0.4, 0.5) is 0 Å². The molecule has 2 heterocycles. The number of methoxy groups -OCH3 is 1. The van der Waals surface area contributed by atoms with Crippen molar-refractivity contribution in [3.63, 3.8) is 0 Å². The minimum Gasteiger partial charge on any atom is -0.497 e. The Hall–Kier alpha value is -2.83. The van der Waals surface area contributed by atoms with Gasteiger partial charge in [-0.15, -0.1) is 0 Å². The molecule has 6 heteroatoms. The van der Waals surface area contributed by atoms with E-state index in [0.29, 0.717) is 24.5 Å². The molecule has 1 saturated heterocycles. The number of aromatic nitrogens is 1. The normalized spacial score (nSPS) is 16.3. The maximum Gasteiger partial charge on any atom is 0.352 e. The molecule has 30 heavy (non-hydrogen) atoms. The Balaban J connectivity index is 1.73. The first kappa shape index (κ1) is 20.4. The van der Waals surface area contributed by atoms with Gasteiger partial charge in [0, 0.05) is 43.3 Å². The number of aromatic carboxylic acids is 1. The van der Waals surface area contributed by atoms with Crippen LogP contribution in [0.3, 0.4) is 0 Å². The number of carboxylic acid groups (broad SMARTS) is 1. The number of nitrogens with one attached hydrogen (secondary N) is 1. The summed E-state index contributed by atoms with van der Waals surface area (Å²) < 4.78 is 13.0. The van der Waals surface area contributed by atoms with Crippen LogP contribution in [0.25, 0.3) is 10.9 Å². The van der Waals surface area contributed by atoms with Crippen LogP contribution >= 0.6 is 0 Å². The van der Waals surface area contributed by atoms with Crippen molar-refractivity contribution < 1.29 is 19.4 Å². The van der Waals surface area contributed by atoms with Gasteiger partial charge in [0.2, 0.25) is 0 Å². The minimum absolute atomic E-state index is 0.208. The summed E-state index contributed by atoms with van der Waals surface area (Å²) in [5.74, 6) is -0.216. The van der Waals surface area contributed by atoms with Crippen LogP contribution in [0, 0.1) is 6.92 Å². The summed E-state index contributed by atoms with van der Waals surface area (Å²) in [6, 6.07) is 13.9. The van der Waals surface area contributed by atoms with Crippen LogP contribution in [-0.2, 0) is 17.8 Å². The lowest BCUT2D eigenvalue weighted by atomic mass is 10.1. The number of carbonyl (C=O) groups is 1. The van der Waals surface area contributed by atoms with Crippen molar-refractivity contribution in [2.75, 3.05) is 20.3 Å². The number of hydrogen-bond acceptors (Lipinski definition) is 4. The molecule has 6 nitrogen and oxygen atoms in total. The number of carboxylic acids is 1. The van der Waals surface area contributed by atoms with E-state index in [-0.39, 0.29) is 6.10 Å². The Kier molecular flexibility index (Phi) is 6.06. The third-order valence-electron chi connectivity index (χ3n) is 5.74. The second-order valence-corrected chi connectivity index (χ2v) is 7.85. The Bertz CT molecular complexity index is 1030. The first-order valence-corrected chi connectivity index (χ1v) is 10.4. The molecular weight excluding hydrogens is 380 g/mol. The van der Waals surface area contributed by atoms with E-state index in [1.807, 2.05) is 54.0 Å². The smallest absolute Gasteiger partial charge is 0.352 e. The zero-order chi connectivity index (χ0) is 21.1. The lowest BCUT2D eigenvalue weighted by Gasteiger charge is -2.12. The minimum atomic E-state index is -0.925. The lowest BCUT2D eigenvalue weighted by Crippen LogP contribution is -2.26. The van der Waals surface area contributed by atoms with Gasteiger partial charge in [-0.1, -0.05) is 29.8 Å². The van der Waals surface area contributed by atoms with Crippen LogP contribution in [0.15, 0.2) is 42.5 Å². The first-order chi connectivity index (χ1) is 14.6. The molecule has 0 unspecified atom stereocenters. The second kappa shape index (κ2) is 8.90. The van der Waals surface area contributed by atoms with E-state index in [9.17, 15) is 9.90 Å². The maximum absolute atomic E-state index is 12.3. The summed E-state index contributed by atoms with van der Waals surface area (Å²) in [6.07, 6.45) is 2.34. The number of nitrogens with zero attached hydrogens (tertiary/aromatic N) is 1. The van der Waals surface area contributed by atoms with Gasteiger partial charge >= 0.3 is 5.97 Å². The van der Waals surface area contributed by atoms with E-state index in [1.165, 1.54) is 5.56 Å². The van der Waals surface area contributed by atoms with Gasteiger partial charge in [-0.25, -0.2) is 4.79 Å². The average molecular weight is 408 g/mol. The van der Waals surface area contributed by atoms with E-state index >= 15 is 0 Å². The van der Waals surface area contributed by atoms with Crippen molar-refractivity contribution >= 4 is 16.9 Å². The van der Waals surface area contributed by atoms with Crippen molar-refractivity contribution in [3.05, 3.63) is 64.8 Å². The van der Waals surface area contributed by atoms with E-state index in [0.717, 1.165) is 48.0 Å². The number of fused-ring (bicyclic) bond motifs is 1. The summed E-state index contributed by atoms with van der Waals surface area (Å²) in [5, 5.41) is 14.4. The molecule has 1 aliphatic heterocycles. The fraction of sp³-hybridized carbons (Fsp3) is 0.375. The molecule has 0 amide bonds. The lowest BCUT2D eigenvalue weighted by molar-refractivity contribution is 0.0684. The van der Waals surface area contributed by atoms with Gasteiger partial charge in [0.1, 0.15) is 11.4 Å². The standard InChI is InChI=1S/C24H28N2O4/c1-16-5-7-17(8-6-16)15-26-22-12-18(29-2)9-10-20(22)21(23(26)24(27)28)14-25-13-19-4-3-11-30-19/h5-10,12,19,25H,3-4,11,13-15H2,1-2H3,(H,27,28)/t19-/m0/s1. The highest BCUT2D eigenvalue weighted by molar-refractivity contribution is 5.98. The van der Waals surface area contributed by atoms with Crippen molar-refractivity contribution in [3.8, 4) is 5.75 Å². The second-order valence-electron chi connectivity index (χ2n) is 7.85. The first-order valence-electron chi connectivity index (χ1n) is 10.4. The zero-order valence-electron chi connectivity index (χ0n) is 17.5. The number of aryl methyl sites for hydroxylation is 1. The van der Waals surface area contributed by atoms with Crippen LogP contribution in [-0.4, -0.2) is 42.0 Å². The van der Waals surface area contributed by atoms with E-state index in [1.54, 1.807) is 7.11 Å². The molecule has 158 valence electrons. The average Bonchev–Trinajstić information content (AvgIpc) is 3.36. The predicted molar refractivity (Wildman–Crippen MR) is 116 cm³/mol. The molecule has 1 aliphatic rings. The van der Waals surface area contributed by atoms with Crippen LogP contribution in [0.1, 0.15) is 40.0 Å². The van der Waals surface area contributed by atoms with E-state index < -0.39 is 5.97 Å². The van der Waals surface area contributed by atoms with E-state index in [2.05, 4.69) is 5.32 Å². The Morgan fingerprint density at radius 3 is 2.73 bits per heavy atom. The summed E-state index contributed by atoms with van der Waals surface area (Å²) in [6.45, 7) is 4.53. The molecular formula is C24H28N2O4. The molecule has 0 aliphatic carbocycles. The van der Waals surface area contributed by atoms with Gasteiger partial charge < -0.3 is 24.5 Å². The molecule has 1 aromatic heterocycles. The monoisotopic (exact) mass is 408 g/mol. The predicted octanol–water partition coefficient (Wildman–Crippen LogP) is 3.97. The Morgan fingerprint density at radius 1 is 1.27 bits per heavy atom. The van der Waals surface area contributed by atoms with Crippen LogP contribution in [0.5, 0.6) is 5.75 Å². The van der Waals surface area contributed by atoms with Crippen molar-refractivity contribution in [2.24, 2.45) is 0 Å². The summed E-state index contributed by atoms with van der Waals surface area (Å²) in [7, 11) is 1.62. The van der Waals surface area contributed by atoms with Crippen molar-refractivity contribution in [2.45, 2.75) is 39.0 Å². The molecule has 0 saturated carbocycles. The largest absolute Gasteiger partial charge is 0.497 e. The van der Waals surface area contributed by atoms with Crippen molar-refractivity contribution in [1.29, 1.82) is 0 Å². The third kappa shape index (κ3) is 4.20. The quantitative estimate of drug-likeness (QED) is 0.590. The van der Waals surface area contributed by atoms with Gasteiger partial charge in [0.05, 0.1) is 18.7 Å². The summed E-state index contributed by atoms with van der Waals surface area (Å²) in [5.41, 5.74) is 4.21. The molecule has 0 bridgehead atoms. The fourth-order valence-electron chi connectivity index (χ4n) is 4.16. The molecule has 2 aromatic carbocycles. The fourth-order valence-corrected chi connectivity index (χ4v) is 4.16. The third-order valence-corrected chi connectivity index (χ3v) is 5.74. The highest BCUT2D eigenvalue weighted by Crippen LogP contribution is 2.31. The Labute approximate surface area is 176 Å². The molecule has 0 radical (unpaired) electrons. The summed E-state index contributed by atoms with van der Waals surface area (Å²) in [4.78, 5) is 12.3. The number of benzene rings is 2. The Morgan fingerprint density at radius 2 is 2.07 bits per heavy atom. The van der Waals surface area contributed by atoms with Crippen LogP contribution < -0.4 is 10.1 Å². The van der Waals surface area contributed by atoms with Gasteiger partial charge in [-0.2, -0.15) is 0 Å². The number of hydrogen-bond donors (Lipinski definition) is 2. The molecule has 1 fully saturated rings. The highest BCUT2D eigenvalue weighted by Gasteiger charge is 2.23. The molecule has 0 spiro atoms. The number of ether oxygens (including phenoxy) is 2. The van der Waals surface area contributed by atoms with Gasteiger partial charge in [-0.05, 0) is 37.5 Å². The van der Waals surface area contributed by atoms with Crippen LogP contribution in [0.2, 0.25) is 0 Å². The maximum atomic E-state index is 12.3. The molecule has 4 rings (SSSR count). The number of rotatable bonds is 8. The van der Waals surface area contributed by atoms with Gasteiger partial charge in [0.15, 0.2) is 0 Å². The SMILES string of the molecule is COc1ccc2c(CNC[C@@H]3CCCO3)c(C(=O)O)n(Cc3ccc(C)cc3)c2c1. The molecule has 2 N–H and O–H groups in total. The topological polar surface area (TPSA) is 72.7 Å². The van der Waals surface area contributed by atoms with Gasteiger partial charge in [-0.3, -0.25) is 0 Å². The highest BCUT2D eigenvalue weighted by atomic mass is 16.5. The summed E-state index contributed by atoms with van der Waals surface area (Å²) >= 11 is 0. The van der Waals surface area contributed by atoms with Crippen molar-refractivity contribution in [1.82, 2.24) is 9.88 Å². The zero-order valence-corrected chi connectivity index (χ0v) is 17.5. The van der Waals surface area contributed by atoms with Gasteiger partial charge in [0.25, 0.3) is 0 Å². The molecule has 1 atom stereocenters. The molecule has 3 aromatic rings.